The predicted molar refractivity (Wildman–Crippen MR) is 67.5 cm³/mol. The normalized spacial score (nSPS) is 11.9. The van der Waals surface area contributed by atoms with Crippen LogP contribution >= 0.6 is 11.6 Å². The first-order valence-electron chi connectivity index (χ1n) is 5.40. The van der Waals surface area contributed by atoms with E-state index in [0.29, 0.717) is 16.4 Å². The van der Waals surface area contributed by atoms with Gasteiger partial charge in [0.15, 0.2) is 0 Å². The summed E-state index contributed by atoms with van der Waals surface area (Å²) in [4.78, 5) is 0. The number of rotatable bonds is 1. The zero-order valence-electron chi connectivity index (χ0n) is 10.2. The highest BCUT2D eigenvalue weighted by Gasteiger charge is 2.35. The van der Waals surface area contributed by atoms with Crippen LogP contribution in [0.4, 0.5) is 18.9 Å². The largest absolute Gasteiger partial charge is 0.418 e. The van der Waals surface area contributed by atoms with Crippen molar-refractivity contribution in [2.24, 2.45) is 0 Å². The van der Waals surface area contributed by atoms with Gasteiger partial charge in [0.05, 0.1) is 27.7 Å². The molecule has 0 bridgehead atoms. The molecule has 2 rings (SSSR count). The van der Waals surface area contributed by atoms with Crippen molar-refractivity contribution in [3.05, 3.63) is 40.2 Å². The molecule has 0 aliphatic rings. The number of aryl methyl sites for hydroxylation is 1. The molecule has 1 aromatic carbocycles. The molecule has 0 amide bonds. The number of benzene rings is 1. The number of hydrogen-bond acceptors (Lipinski definition) is 2. The van der Waals surface area contributed by atoms with E-state index in [0.717, 1.165) is 6.07 Å². The minimum absolute atomic E-state index is 0.0451. The minimum Gasteiger partial charge on any atom is -0.399 e. The highest BCUT2D eigenvalue weighted by atomic mass is 35.5. The van der Waals surface area contributed by atoms with Crippen molar-refractivity contribution in [1.82, 2.24) is 9.78 Å². The average Bonchev–Trinajstić information content (AvgIpc) is 2.56. The van der Waals surface area contributed by atoms with Gasteiger partial charge in [-0.05, 0) is 32.0 Å². The first kappa shape index (κ1) is 13.7. The van der Waals surface area contributed by atoms with Gasteiger partial charge in [-0.1, -0.05) is 11.6 Å². The second-order valence-corrected chi connectivity index (χ2v) is 4.55. The van der Waals surface area contributed by atoms with Gasteiger partial charge in [0.1, 0.15) is 0 Å². The van der Waals surface area contributed by atoms with Gasteiger partial charge in [0, 0.05) is 5.69 Å². The van der Waals surface area contributed by atoms with Crippen LogP contribution in [0.3, 0.4) is 0 Å². The standard InChI is InChI=1S/C12H11ClF3N3/c1-6-11(13)7(2)19(18-6)10-4-3-8(17)5-9(10)12(14,15)16/h3-5H,17H2,1-2H3. The molecular formula is C12H11ClF3N3. The summed E-state index contributed by atoms with van der Waals surface area (Å²) in [5.74, 6) is 0. The smallest absolute Gasteiger partial charge is 0.399 e. The average molecular weight is 290 g/mol. The monoisotopic (exact) mass is 289 g/mol. The van der Waals surface area contributed by atoms with Gasteiger partial charge in [0.2, 0.25) is 0 Å². The molecule has 0 unspecified atom stereocenters. The van der Waals surface area contributed by atoms with E-state index in [9.17, 15) is 13.2 Å². The predicted octanol–water partition coefficient (Wildman–Crippen LogP) is 3.74. The molecule has 1 heterocycles. The van der Waals surface area contributed by atoms with Crippen molar-refractivity contribution < 1.29 is 13.2 Å². The van der Waals surface area contributed by atoms with Crippen molar-refractivity contribution in [3.8, 4) is 5.69 Å². The Kier molecular flexibility index (Phi) is 3.22. The highest BCUT2D eigenvalue weighted by molar-refractivity contribution is 6.31. The third kappa shape index (κ3) is 2.40. The molecule has 0 aliphatic heterocycles. The highest BCUT2D eigenvalue weighted by Crippen LogP contribution is 2.36. The van der Waals surface area contributed by atoms with E-state index in [2.05, 4.69) is 5.10 Å². The van der Waals surface area contributed by atoms with Crippen molar-refractivity contribution in [1.29, 1.82) is 0 Å². The Balaban J connectivity index is 2.72. The maximum Gasteiger partial charge on any atom is 0.418 e. The molecule has 19 heavy (non-hydrogen) atoms. The summed E-state index contributed by atoms with van der Waals surface area (Å²) in [5, 5.41) is 4.38. The summed E-state index contributed by atoms with van der Waals surface area (Å²) in [6.45, 7) is 3.25. The summed E-state index contributed by atoms with van der Waals surface area (Å²) < 4.78 is 40.3. The summed E-state index contributed by atoms with van der Waals surface area (Å²) in [6.07, 6.45) is -4.51. The number of hydrogen-bond donors (Lipinski definition) is 1. The Labute approximate surface area is 112 Å². The summed E-state index contributed by atoms with van der Waals surface area (Å²) in [5.41, 5.74) is 5.47. The van der Waals surface area contributed by atoms with Gasteiger partial charge in [-0.3, -0.25) is 0 Å². The molecular weight excluding hydrogens is 279 g/mol. The summed E-state index contributed by atoms with van der Waals surface area (Å²) in [7, 11) is 0. The molecule has 0 aliphatic carbocycles. The lowest BCUT2D eigenvalue weighted by Gasteiger charge is -2.14. The van der Waals surface area contributed by atoms with E-state index < -0.39 is 11.7 Å². The van der Waals surface area contributed by atoms with Crippen molar-refractivity contribution in [3.63, 3.8) is 0 Å². The van der Waals surface area contributed by atoms with Crippen LogP contribution < -0.4 is 5.73 Å². The third-order valence-corrected chi connectivity index (χ3v) is 3.30. The topological polar surface area (TPSA) is 43.8 Å². The molecule has 7 heteroatoms. The molecule has 0 fully saturated rings. The fraction of sp³-hybridized carbons (Fsp3) is 0.250. The van der Waals surface area contributed by atoms with Crippen molar-refractivity contribution in [2.45, 2.75) is 20.0 Å². The summed E-state index contributed by atoms with van der Waals surface area (Å²) >= 11 is 5.96. The van der Waals surface area contributed by atoms with Crippen LogP contribution in [-0.2, 0) is 6.18 Å². The molecule has 0 spiro atoms. The second kappa shape index (κ2) is 4.45. The lowest BCUT2D eigenvalue weighted by atomic mass is 10.1. The molecule has 0 atom stereocenters. The molecule has 102 valence electrons. The Bertz CT molecular complexity index is 632. The van der Waals surface area contributed by atoms with Crippen molar-refractivity contribution >= 4 is 17.3 Å². The Hall–Kier alpha value is -1.69. The van der Waals surface area contributed by atoms with Crippen molar-refractivity contribution in [2.75, 3.05) is 5.73 Å². The number of nitrogens with two attached hydrogens (primary N) is 1. The molecule has 2 aromatic rings. The molecule has 0 saturated carbocycles. The van der Waals surface area contributed by atoms with Gasteiger partial charge in [-0.2, -0.15) is 18.3 Å². The Morgan fingerprint density at radius 1 is 1.26 bits per heavy atom. The van der Waals surface area contributed by atoms with E-state index in [1.54, 1.807) is 13.8 Å². The zero-order valence-corrected chi connectivity index (χ0v) is 11.0. The van der Waals surface area contributed by atoms with E-state index >= 15 is 0 Å². The maximum atomic E-state index is 13.0. The van der Waals surface area contributed by atoms with Crippen LogP contribution in [0.5, 0.6) is 0 Å². The van der Waals surface area contributed by atoms with Gasteiger partial charge in [-0.15, -0.1) is 0 Å². The molecule has 2 N–H and O–H groups in total. The molecule has 1 aromatic heterocycles. The second-order valence-electron chi connectivity index (χ2n) is 4.17. The lowest BCUT2D eigenvalue weighted by molar-refractivity contribution is -0.137. The van der Waals surface area contributed by atoms with E-state index in [4.69, 9.17) is 17.3 Å². The van der Waals surface area contributed by atoms with E-state index in [1.807, 2.05) is 0 Å². The number of nitrogen functional groups attached to an aromatic ring is 1. The number of alkyl halides is 3. The van der Waals surface area contributed by atoms with Crippen LogP contribution in [0, 0.1) is 13.8 Å². The fourth-order valence-electron chi connectivity index (χ4n) is 1.82. The van der Waals surface area contributed by atoms with Crippen LogP contribution in [-0.4, -0.2) is 9.78 Å². The maximum absolute atomic E-state index is 13.0. The lowest BCUT2D eigenvalue weighted by Crippen LogP contribution is -2.13. The zero-order chi connectivity index (χ0) is 14.4. The van der Waals surface area contributed by atoms with Gasteiger partial charge >= 0.3 is 6.18 Å². The Morgan fingerprint density at radius 3 is 2.37 bits per heavy atom. The number of anilines is 1. The Morgan fingerprint density at radius 2 is 1.89 bits per heavy atom. The fourth-order valence-corrected chi connectivity index (χ4v) is 1.94. The number of nitrogens with zero attached hydrogens (tertiary/aromatic N) is 2. The van der Waals surface area contributed by atoms with Crippen LogP contribution in [0.25, 0.3) is 5.69 Å². The quantitative estimate of drug-likeness (QED) is 0.813. The van der Waals surface area contributed by atoms with Crippen LogP contribution in [0.1, 0.15) is 17.0 Å². The van der Waals surface area contributed by atoms with Gasteiger partial charge in [-0.25, -0.2) is 4.68 Å². The molecule has 0 saturated heterocycles. The van der Waals surface area contributed by atoms with Crippen LogP contribution in [0.15, 0.2) is 18.2 Å². The van der Waals surface area contributed by atoms with E-state index in [1.165, 1.54) is 16.8 Å². The number of aromatic nitrogens is 2. The first-order chi connectivity index (χ1) is 8.71. The summed E-state index contributed by atoms with van der Waals surface area (Å²) in [6, 6.07) is 3.57. The SMILES string of the molecule is Cc1nn(-c2ccc(N)cc2C(F)(F)F)c(C)c1Cl. The van der Waals surface area contributed by atoms with Gasteiger partial charge in [0.25, 0.3) is 0 Å². The molecule has 0 radical (unpaired) electrons. The first-order valence-corrected chi connectivity index (χ1v) is 5.78. The minimum atomic E-state index is -4.51. The van der Waals surface area contributed by atoms with Gasteiger partial charge < -0.3 is 5.73 Å². The number of halogens is 4. The third-order valence-electron chi connectivity index (χ3n) is 2.76. The van der Waals surface area contributed by atoms with E-state index in [-0.39, 0.29) is 11.4 Å². The molecule has 3 nitrogen and oxygen atoms in total. The van der Waals surface area contributed by atoms with Crippen LogP contribution in [0.2, 0.25) is 5.02 Å².